The summed E-state index contributed by atoms with van der Waals surface area (Å²) in [6.07, 6.45) is 1.73. The molecule has 0 aliphatic carbocycles. The number of anilines is 1. The van der Waals surface area contributed by atoms with Gasteiger partial charge in [0.2, 0.25) is 0 Å². The van der Waals surface area contributed by atoms with E-state index in [2.05, 4.69) is 15.5 Å². The van der Waals surface area contributed by atoms with E-state index < -0.39 is 0 Å². The number of benzene rings is 2. The van der Waals surface area contributed by atoms with Gasteiger partial charge in [-0.05, 0) is 25.5 Å². The molecule has 150 valence electrons. The molecule has 1 N–H and O–H groups in total. The van der Waals surface area contributed by atoms with Gasteiger partial charge in [0.1, 0.15) is 17.7 Å². The van der Waals surface area contributed by atoms with E-state index in [9.17, 15) is 4.79 Å². The standard InChI is InChI=1S/C22H23N3O4/c1-2-27-14-29-20-11-15(12-26)7-8-19(20)21-17-5-3-4-6-18(17)22(25-24-21)23-16-9-10-28-13-16/h3-8,11-12,16H,2,9-10,13-14H2,1H3,(H,23,25)/t16-/m1/s1. The lowest BCUT2D eigenvalue weighted by Crippen LogP contribution is -2.20. The summed E-state index contributed by atoms with van der Waals surface area (Å²) in [7, 11) is 0. The molecule has 1 atom stereocenters. The van der Waals surface area contributed by atoms with E-state index in [1.807, 2.05) is 37.3 Å². The van der Waals surface area contributed by atoms with Gasteiger partial charge in [0.15, 0.2) is 12.6 Å². The number of hydrogen-bond acceptors (Lipinski definition) is 7. The van der Waals surface area contributed by atoms with Crippen molar-refractivity contribution >= 4 is 22.9 Å². The Hall–Kier alpha value is -3.03. The van der Waals surface area contributed by atoms with Crippen molar-refractivity contribution in [1.29, 1.82) is 0 Å². The summed E-state index contributed by atoms with van der Waals surface area (Å²) in [6, 6.07) is 13.5. The summed E-state index contributed by atoms with van der Waals surface area (Å²) in [5.41, 5.74) is 1.98. The highest BCUT2D eigenvalue weighted by atomic mass is 16.7. The zero-order valence-corrected chi connectivity index (χ0v) is 16.3. The number of aldehydes is 1. The van der Waals surface area contributed by atoms with Crippen LogP contribution in [0.4, 0.5) is 5.82 Å². The highest BCUT2D eigenvalue weighted by molar-refractivity contribution is 6.01. The van der Waals surface area contributed by atoms with Crippen molar-refractivity contribution in [3.05, 3.63) is 48.0 Å². The Balaban J connectivity index is 1.77. The molecular formula is C22H23N3O4. The van der Waals surface area contributed by atoms with Gasteiger partial charge in [-0.1, -0.05) is 30.3 Å². The van der Waals surface area contributed by atoms with Crippen LogP contribution in [0.15, 0.2) is 42.5 Å². The van der Waals surface area contributed by atoms with Crippen LogP contribution < -0.4 is 10.1 Å². The van der Waals surface area contributed by atoms with Gasteiger partial charge >= 0.3 is 0 Å². The minimum atomic E-state index is 0.0957. The molecule has 0 bridgehead atoms. The van der Waals surface area contributed by atoms with Gasteiger partial charge in [0.05, 0.1) is 12.6 Å². The predicted molar refractivity (Wildman–Crippen MR) is 110 cm³/mol. The zero-order chi connectivity index (χ0) is 20.1. The molecule has 29 heavy (non-hydrogen) atoms. The SMILES string of the molecule is CCOCOc1cc(C=O)ccc1-c1nnc(N[C@@H]2CCOC2)c2ccccc12. The molecule has 2 aromatic carbocycles. The second kappa shape index (κ2) is 8.98. The number of nitrogens with one attached hydrogen (secondary N) is 1. The Bertz CT molecular complexity index is 1000. The van der Waals surface area contributed by atoms with E-state index in [1.165, 1.54) is 0 Å². The number of fused-ring (bicyclic) bond motifs is 1. The van der Waals surface area contributed by atoms with Crippen molar-refractivity contribution in [3.8, 4) is 17.0 Å². The molecule has 7 heteroatoms. The van der Waals surface area contributed by atoms with Crippen LogP contribution in [-0.4, -0.2) is 49.1 Å². The summed E-state index contributed by atoms with van der Waals surface area (Å²) < 4.78 is 16.5. The monoisotopic (exact) mass is 393 g/mol. The number of nitrogens with zero attached hydrogens (tertiary/aromatic N) is 2. The molecule has 0 amide bonds. The molecule has 1 saturated heterocycles. The van der Waals surface area contributed by atoms with Gasteiger partial charge in [-0.25, -0.2) is 0 Å². The van der Waals surface area contributed by atoms with Crippen LogP contribution in [0.5, 0.6) is 5.75 Å². The number of carbonyl (C=O) groups excluding carboxylic acids is 1. The summed E-state index contributed by atoms with van der Waals surface area (Å²) >= 11 is 0. The van der Waals surface area contributed by atoms with Crippen molar-refractivity contribution < 1.29 is 19.0 Å². The Morgan fingerprint density at radius 1 is 1.21 bits per heavy atom. The van der Waals surface area contributed by atoms with Crippen LogP contribution in [0.3, 0.4) is 0 Å². The first-order valence-electron chi connectivity index (χ1n) is 9.70. The van der Waals surface area contributed by atoms with Crippen LogP contribution in [0.2, 0.25) is 0 Å². The van der Waals surface area contributed by atoms with Gasteiger partial charge in [0, 0.05) is 35.1 Å². The lowest BCUT2D eigenvalue weighted by Gasteiger charge is -2.16. The second-order valence-corrected chi connectivity index (χ2v) is 6.78. The van der Waals surface area contributed by atoms with Crippen molar-refractivity contribution in [2.75, 3.05) is 31.9 Å². The quantitative estimate of drug-likeness (QED) is 0.355. The average Bonchev–Trinajstić information content (AvgIpc) is 3.27. The maximum atomic E-state index is 11.2. The van der Waals surface area contributed by atoms with Gasteiger partial charge in [-0.15, -0.1) is 10.2 Å². The Morgan fingerprint density at radius 3 is 2.83 bits per heavy atom. The Morgan fingerprint density at radius 2 is 2.07 bits per heavy atom. The highest BCUT2D eigenvalue weighted by Crippen LogP contribution is 2.36. The fraction of sp³-hybridized carbons (Fsp3) is 0.318. The largest absolute Gasteiger partial charge is 0.467 e. The lowest BCUT2D eigenvalue weighted by molar-refractivity contribution is 0.0227. The minimum Gasteiger partial charge on any atom is -0.467 e. The average molecular weight is 393 g/mol. The molecule has 1 aliphatic rings. The van der Waals surface area contributed by atoms with Gasteiger partial charge < -0.3 is 19.5 Å². The number of hydrogen-bond donors (Lipinski definition) is 1. The van der Waals surface area contributed by atoms with E-state index in [-0.39, 0.29) is 12.8 Å². The van der Waals surface area contributed by atoms with E-state index >= 15 is 0 Å². The van der Waals surface area contributed by atoms with Crippen LogP contribution in [0, 0.1) is 0 Å². The second-order valence-electron chi connectivity index (χ2n) is 6.78. The first-order chi connectivity index (χ1) is 14.3. The molecule has 1 aromatic heterocycles. The fourth-order valence-corrected chi connectivity index (χ4v) is 3.37. The maximum absolute atomic E-state index is 11.2. The van der Waals surface area contributed by atoms with E-state index in [1.54, 1.807) is 12.1 Å². The van der Waals surface area contributed by atoms with Crippen molar-refractivity contribution in [2.45, 2.75) is 19.4 Å². The van der Waals surface area contributed by atoms with Crippen molar-refractivity contribution in [1.82, 2.24) is 10.2 Å². The van der Waals surface area contributed by atoms with Gasteiger partial charge in [-0.3, -0.25) is 4.79 Å². The zero-order valence-electron chi connectivity index (χ0n) is 16.3. The molecule has 0 radical (unpaired) electrons. The van der Waals surface area contributed by atoms with Crippen LogP contribution in [0.25, 0.3) is 22.0 Å². The molecule has 0 spiro atoms. The predicted octanol–water partition coefficient (Wildman–Crippen LogP) is 3.68. The topological polar surface area (TPSA) is 82.6 Å². The summed E-state index contributed by atoms with van der Waals surface area (Å²) in [5, 5.41) is 14.3. The smallest absolute Gasteiger partial charge is 0.189 e. The maximum Gasteiger partial charge on any atom is 0.189 e. The van der Waals surface area contributed by atoms with Crippen molar-refractivity contribution in [2.24, 2.45) is 0 Å². The number of aromatic nitrogens is 2. The van der Waals surface area contributed by atoms with E-state index in [0.29, 0.717) is 30.2 Å². The van der Waals surface area contributed by atoms with Gasteiger partial charge in [0.25, 0.3) is 0 Å². The third-order valence-corrected chi connectivity index (χ3v) is 4.86. The molecule has 0 unspecified atom stereocenters. The molecule has 1 fully saturated rings. The fourth-order valence-electron chi connectivity index (χ4n) is 3.37. The highest BCUT2D eigenvalue weighted by Gasteiger charge is 2.19. The van der Waals surface area contributed by atoms with Crippen LogP contribution >= 0.6 is 0 Å². The normalized spacial score (nSPS) is 16.1. The van der Waals surface area contributed by atoms with Crippen molar-refractivity contribution in [3.63, 3.8) is 0 Å². The molecule has 2 heterocycles. The van der Waals surface area contributed by atoms with Crippen LogP contribution in [0.1, 0.15) is 23.7 Å². The molecular weight excluding hydrogens is 370 g/mol. The van der Waals surface area contributed by atoms with Crippen LogP contribution in [-0.2, 0) is 9.47 Å². The molecule has 7 nitrogen and oxygen atoms in total. The third-order valence-electron chi connectivity index (χ3n) is 4.86. The Labute approximate surface area is 169 Å². The lowest BCUT2D eigenvalue weighted by atomic mass is 10.0. The number of rotatable bonds is 8. The minimum absolute atomic E-state index is 0.0957. The first kappa shape index (κ1) is 19.3. The van der Waals surface area contributed by atoms with E-state index in [0.717, 1.165) is 41.5 Å². The molecule has 1 aliphatic heterocycles. The third kappa shape index (κ3) is 4.21. The first-order valence-corrected chi connectivity index (χ1v) is 9.70. The number of ether oxygens (including phenoxy) is 3. The summed E-state index contributed by atoms with van der Waals surface area (Å²) in [4.78, 5) is 11.2. The summed E-state index contributed by atoms with van der Waals surface area (Å²) in [6.45, 7) is 3.95. The molecule has 4 rings (SSSR count). The number of carbonyl (C=O) groups is 1. The Kier molecular flexibility index (Phi) is 5.97. The van der Waals surface area contributed by atoms with Gasteiger partial charge in [-0.2, -0.15) is 0 Å². The molecule has 0 saturated carbocycles. The summed E-state index contributed by atoms with van der Waals surface area (Å²) in [5.74, 6) is 1.27. The van der Waals surface area contributed by atoms with E-state index in [4.69, 9.17) is 14.2 Å². The molecule has 3 aromatic rings.